The van der Waals surface area contributed by atoms with E-state index in [1.165, 1.54) is 22.9 Å². The van der Waals surface area contributed by atoms with Gasteiger partial charge in [-0.3, -0.25) is 4.79 Å². The lowest BCUT2D eigenvalue weighted by molar-refractivity contribution is -0.113. The first-order chi connectivity index (χ1) is 14.0. The first kappa shape index (κ1) is 19.0. The number of allylic oxidation sites excluding steroid dienone is 1. The van der Waals surface area contributed by atoms with Gasteiger partial charge in [-0.2, -0.15) is 4.99 Å². The molecule has 1 aromatic heterocycles. The van der Waals surface area contributed by atoms with E-state index in [0.29, 0.717) is 6.61 Å². The molecule has 1 fully saturated rings. The van der Waals surface area contributed by atoms with Crippen LogP contribution in [-0.4, -0.2) is 34.0 Å². The Morgan fingerprint density at radius 2 is 1.97 bits per heavy atom. The standard InChI is InChI=1S/C22H23N3O2S2/c1-13(18-14(2)23-15(3)28-18)19-20(26)24-21(29-19)25-10-8-22(9-11-25)17-7-5-4-6-16(17)12-27-22/h4-7H,8-12H2,1-3H3/b19-13-. The van der Waals surface area contributed by atoms with Crippen molar-refractivity contribution in [1.29, 1.82) is 0 Å². The van der Waals surface area contributed by atoms with Crippen molar-refractivity contribution in [2.75, 3.05) is 13.1 Å². The summed E-state index contributed by atoms with van der Waals surface area (Å²) in [5, 5.41) is 1.84. The van der Waals surface area contributed by atoms with Gasteiger partial charge in [-0.15, -0.1) is 11.3 Å². The second-order valence-corrected chi connectivity index (χ2v) is 10.0. The van der Waals surface area contributed by atoms with Gasteiger partial charge in [-0.05, 0) is 62.1 Å². The molecule has 2 aromatic rings. The zero-order valence-electron chi connectivity index (χ0n) is 16.8. The molecule has 1 saturated heterocycles. The highest BCUT2D eigenvalue weighted by Gasteiger charge is 2.43. The minimum atomic E-state index is -0.174. The summed E-state index contributed by atoms with van der Waals surface area (Å²) in [7, 11) is 0. The molecule has 150 valence electrons. The number of thioether (sulfide) groups is 1. The number of hydrogen-bond donors (Lipinski definition) is 0. The van der Waals surface area contributed by atoms with Crippen molar-refractivity contribution < 1.29 is 9.53 Å². The van der Waals surface area contributed by atoms with E-state index in [4.69, 9.17) is 4.74 Å². The number of amidine groups is 1. The molecule has 1 aromatic carbocycles. The zero-order chi connectivity index (χ0) is 20.2. The van der Waals surface area contributed by atoms with Gasteiger partial charge in [-0.1, -0.05) is 24.3 Å². The highest BCUT2D eigenvalue weighted by Crippen LogP contribution is 2.45. The van der Waals surface area contributed by atoms with Crippen molar-refractivity contribution in [2.24, 2.45) is 4.99 Å². The average molecular weight is 426 g/mol. The van der Waals surface area contributed by atoms with Gasteiger partial charge in [0.05, 0.1) is 32.7 Å². The van der Waals surface area contributed by atoms with Gasteiger partial charge < -0.3 is 9.64 Å². The molecule has 0 aliphatic carbocycles. The summed E-state index contributed by atoms with van der Waals surface area (Å²) >= 11 is 3.15. The minimum absolute atomic E-state index is 0.129. The average Bonchev–Trinajstić information content (AvgIpc) is 3.38. The molecule has 4 heterocycles. The van der Waals surface area contributed by atoms with Crippen LogP contribution >= 0.6 is 23.1 Å². The first-order valence-corrected chi connectivity index (χ1v) is 11.5. The van der Waals surface area contributed by atoms with Crippen LogP contribution in [-0.2, 0) is 21.7 Å². The number of aryl methyl sites for hydroxylation is 2. The van der Waals surface area contributed by atoms with Gasteiger partial charge in [-0.25, -0.2) is 4.98 Å². The topological polar surface area (TPSA) is 54.8 Å². The number of carbonyl (C=O) groups is 1. The normalized spacial score (nSPS) is 22.2. The molecule has 0 unspecified atom stereocenters. The maximum Gasteiger partial charge on any atom is 0.286 e. The van der Waals surface area contributed by atoms with Crippen LogP contribution in [0.25, 0.3) is 5.57 Å². The van der Waals surface area contributed by atoms with Crippen LogP contribution in [0.5, 0.6) is 0 Å². The number of likely N-dealkylation sites (tertiary alicyclic amines) is 1. The van der Waals surface area contributed by atoms with Crippen molar-refractivity contribution in [3.05, 3.63) is 55.9 Å². The molecule has 3 aliphatic heterocycles. The Bertz CT molecular complexity index is 1060. The van der Waals surface area contributed by atoms with Crippen LogP contribution in [0.3, 0.4) is 0 Å². The fourth-order valence-corrected chi connectivity index (χ4v) is 6.51. The monoisotopic (exact) mass is 425 g/mol. The second kappa shape index (κ2) is 7.07. The third-order valence-corrected chi connectivity index (χ3v) is 8.43. The number of ether oxygens (including phenoxy) is 1. The Kier molecular flexibility index (Phi) is 4.64. The molecule has 0 saturated carbocycles. The zero-order valence-corrected chi connectivity index (χ0v) is 18.5. The molecule has 1 spiro atoms. The van der Waals surface area contributed by atoms with Gasteiger partial charge in [0.2, 0.25) is 0 Å². The van der Waals surface area contributed by atoms with Gasteiger partial charge in [0.25, 0.3) is 5.91 Å². The number of rotatable bonds is 1. The quantitative estimate of drug-likeness (QED) is 0.623. The van der Waals surface area contributed by atoms with E-state index in [-0.39, 0.29) is 11.5 Å². The summed E-state index contributed by atoms with van der Waals surface area (Å²) in [4.78, 5) is 25.6. The van der Waals surface area contributed by atoms with Crippen LogP contribution in [0.4, 0.5) is 0 Å². The van der Waals surface area contributed by atoms with Crippen LogP contribution in [0.2, 0.25) is 0 Å². The van der Waals surface area contributed by atoms with Crippen LogP contribution in [0.15, 0.2) is 34.2 Å². The second-order valence-electron chi connectivity index (χ2n) is 7.83. The number of nitrogens with zero attached hydrogens (tertiary/aromatic N) is 3. The van der Waals surface area contributed by atoms with Gasteiger partial charge >= 0.3 is 0 Å². The Morgan fingerprint density at radius 3 is 2.69 bits per heavy atom. The van der Waals surface area contributed by atoms with Crippen LogP contribution in [0.1, 0.15) is 46.5 Å². The fourth-order valence-electron chi connectivity index (χ4n) is 4.51. The van der Waals surface area contributed by atoms with Crippen molar-refractivity contribution in [2.45, 2.75) is 45.8 Å². The largest absolute Gasteiger partial charge is 0.365 e. The molecule has 5 nitrogen and oxygen atoms in total. The fraction of sp³-hybridized carbons (Fsp3) is 0.409. The molecule has 1 amide bonds. The minimum Gasteiger partial charge on any atom is -0.365 e. The number of thiazole rings is 1. The molecule has 29 heavy (non-hydrogen) atoms. The van der Waals surface area contributed by atoms with E-state index < -0.39 is 0 Å². The number of hydrogen-bond acceptors (Lipinski definition) is 6. The van der Waals surface area contributed by atoms with Crippen LogP contribution in [0, 0.1) is 13.8 Å². The molecule has 7 heteroatoms. The van der Waals surface area contributed by atoms with E-state index in [2.05, 4.69) is 39.1 Å². The lowest BCUT2D eigenvalue weighted by atomic mass is 9.84. The summed E-state index contributed by atoms with van der Waals surface area (Å²) in [6.07, 6.45) is 1.84. The number of amides is 1. The Morgan fingerprint density at radius 1 is 1.21 bits per heavy atom. The molecule has 0 radical (unpaired) electrons. The lowest BCUT2D eigenvalue weighted by Gasteiger charge is -2.39. The highest BCUT2D eigenvalue weighted by molar-refractivity contribution is 8.18. The summed E-state index contributed by atoms with van der Waals surface area (Å²) < 4.78 is 6.26. The summed E-state index contributed by atoms with van der Waals surface area (Å²) in [5.74, 6) is -0.129. The third-order valence-electron chi connectivity index (χ3n) is 6.02. The van der Waals surface area contributed by atoms with Gasteiger partial charge in [0.1, 0.15) is 0 Å². The third kappa shape index (κ3) is 3.16. The molecule has 3 aliphatic rings. The van der Waals surface area contributed by atoms with E-state index in [1.807, 2.05) is 20.8 Å². The predicted octanol–water partition coefficient (Wildman–Crippen LogP) is 4.64. The number of benzene rings is 1. The Balaban J connectivity index is 1.33. The Hall–Kier alpha value is -1.96. The van der Waals surface area contributed by atoms with E-state index in [0.717, 1.165) is 57.2 Å². The van der Waals surface area contributed by atoms with E-state index >= 15 is 0 Å². The molecular weight excluding hydrogens is 402 g/mol. The van der Waals surface area contributed by atoms with Crippen LogP contribution < -0.4 is 0 Å². The summed E-state index contributed by atoms with van der Waals surface area (Å²) in [6.45, 7) is 8.39. The van der Waals surface area contributed by atoms with E-state index in [1.54, 1.807) is 11.3 Å². The van der Waals surface area contributed by atoms with Crippen molar-refractivity contribution in [1.82, 2.24) is 9.88 Å². The number of fused-ring (bicyclic) bond motifs is 2. The lowest BCUT2D eigenvalue weighted by Crippen LogP contribution is -2.44. The maximum absolute atomic E-state index is 12.6. The van der Waals surface area contributed by atoms with Crippen molar-refractivity contribution in [3.8, 4) is 0 Å². The summed E-state index contributed by atoms with van der Waals surface area (Å²) in [6, 6.07) is 8.54. The SMILES string of the molecule is C/C(=C1/SC(N2CCC3(CC2)OCc2ccccc23)=NC1=O)c1sc(C)nc1C. The number of piperidine rings is 1. The number of aliphatic imine (C=N–C) groups is 1. The highest BCUT2D eigenvalue weighted by atomic mass is 32.2. The molecule has 0 N–H and O–H groups in total. The molecular formula is C22H23N3O2S2. The molecule has 5 rings (SSSR count). The summed E-state index contributed by atoms with van der Waals surface area (Å²) in [5.41, 5.74) is 4.44. The molecule has 0 bridgehead atoms. The first-order valence-electron chi connectivity index (χ1n) is 9.90. The number of aromatic nitrogens is 1. The maximum atomic E-state index is 12.6. The smallest absolute Gasteiger partial charge is 0.286 e. The van der Waals surface area contributed by atoms with E-state index in [9.17, 15) is 4.79 Å². The predicted molar refractivity (Wildman–Crippen MR) is 118 cm³/mol. The number of carbonyl (C=O) groups excluding carboxylic acids is 1. The van der Waals surface area contributed by atoms with Gasteiger partial charge in [0.15, 0.2) is 5.17 Å². The van der Waals surface area contributed by atoms with Crippen molar-refractivity contribution in [3.63, 3.8) is 0 Å². The van der Waals surface area contributed by atoms with Crippen molar-refractivity contribution >= 4 is 39.7 Å². The molecule has 0 atom stereocenters. The Labute approximate surface area is 178 Å². The van der Waals surface area contributed by atoms with Gasteiger partial charge in [0, 0.05) is 13.1 Å².